The van der Waals surface area contributed by atoms with Gasteiger partial charge in [-0.25, -0.2) is 4.68 Å². The Kier molecular flexibility index (Phi) is 1.99. The Bertz CT molecular complexity index is 248. The van der Waals surface area contributed by atoms with E-state index in [-0.39, 0.29) is 0 Å². The molecule has 1 aromatic heterocycles. The molecule has 0 saturated heterocycles. The van der Waals surface area contributed by atoms with Crippen LogP contribution in [0, 0.1) is 0 Å². The molecule has 0 amide bonds. The monoisotopic (exact) mass is 167 g/mol. The molecule has 0 bridgehead atoms. The lowest BCUT2D eigenvalue weighted by Crippen LogP contribution is -2.02. The highest BCUT2D eigenvalue weighted by atomic mass is 16.5. The minimum absolute atomic E-state index is 0.725. The summed E-state index contributed by atoms with van der Waals surface area (Å²) in [6.07, 6.45) is 1.95. The number of ether oxygens (including phenoxy) is 1. The second kappa shape index (κ2) is 3.15. The molecule has 0 aromatic carbocycles. The van der Waals surface area contributed by atoms with Gasteiger partial charge >= 0.3 is 0 Å². The van der Waals surface area contributed by atoms with Gasteiger partial charge in [0.25, 0.3) is 0 Å². The van der Waals surface area contributed by atoms with Crippen LogP contribution in [-0.2, 0) is 13.0 Å². The van der Waals surface area contributed by atoms with E-state index in [9.17, 15) is 0 Å². The highest BCUT2D eigenvalue weighted by Gasteiger charge is 2.13. The van der Waals surface area contributed by atoms with Crippen LogP contribution in [-0.4, -0.2) is 22.9 Å². The summed E-state index contributed by atoms with van der Waals surface area (Å²) in [6, 6.07) is 2.00. The Hall–Kier alpha value is -1.03. The first-order chi connectivity index (χ1) is 5.90. The molecule has 66 valence electrons. The lowest BCUT2D eigenvalue weighted by Gasteiger charge is -1.92. The number of nitrogens with two attached hydrogens (primary N) is 1. The van der Waals surface area contributed by atoms with Crippen molar-refractivity contribution in [2.45, 2.75) is 19.4 Å². The molecule has 2 heterocycles. The number of rotatable bonds is 3. The molecule has 0 radical (unpaired) electrons. The maximum Gasteiger partial charge on any atom is 0.212 e. The molecular formula is C8H13N3O. The van der Waals surface area contributed by atoms with E-state index in [1.807, 2.05) is 10.7 Å². The molecule has 12 heavy (non-hydrogen) atoms. The summed E-state index contributed by atoms with van der Waals surface area (Å²) in [7, 11) is 0. The van der Waals surface area contributed by atoms with Gasteiger partial charge in [0, 0.05) is 6.07 Å². The maximum absolute atomic E-state index is 5.40. The highest BCUT2D eigenvalue weighted by molar-refractivity contribution is 5.18. The van der Waals surface area contributed by atoms with Gasteiger partial charge in [-0.3, -0.25) is 0 Å². The molecule has 0 aliphatic carbocycles. The van der Waals surface area contributed by atoms with Crippen LogP contribution in [0.5, 0.6) is 5.88 Å². The topological polar surface area (TPSA) is 53.1 Å². The molecule has 2 N–H and O–H groups in total. The van der Waals surface area contributed by atoms with Crippen molar-refractivity contribution in [1.29, 1.82) is 0 Å². The van der Waals surface area contributed by atoms with Gasteiger partial charge < -0.3 is 10.5 Å². The van der Waals surface area contributed by atoms with Crippen LogP contribution in [0.15, 0.2) is 6.07 Å². The molecule has 4 heteroatoms. The highest BCUT2D eigenvalue weighted by Crippen LogP contribution is 2.18. The van der Waals surface area contributed by atoms with Gasteiger partial charge in [0.15, 0.2) is 0 Å². The summed E-state index contributed by atoms with van der Waals surface area (Å²) >= 11 is 0. The summed E-state index contributed by atoms with van der Waals surface area (Å²) < 4.78 is 7.24. The van der Waals surface area contributed by atoms with Crippen molar-refractivity contribution in [3.8, 4) is 5.88 Å². The van der Waals surface area contributed by atoms with Gasteiger partial charge in [-0.15, -0.1) is 0 Å². The van der Waals surface area contributed by atoms with Crippen LogP contribution in [0.2, 0.25) is 0 Å². The van der Waals surface area contributed by atoms with E-state index in [0.717, 1.165) is 44.1 Å². The molecule has 0 saturated carbocycles. The normalized spacial score (nSPS) is 14.4. The van der Waals surface area contributed by atoms with Gasteiger partial charge in [-0.1, -0.05) is 0 Å². The van der Waals surface area contributed by atoms with Crippen LogP contribution >= 0.6 is 0 Å². The largest absolute Gasteiger partial charge is 0.476 e. The van der Waals surface area contributed by atoms with Crippen molar-refractivity contribution in [1.82, 2.24) is 9.78 Å². The second-order valence-electron chi connectivity index (χ2n) is 2.94. The summed E-state index contributed by atoms with van der Waals surface area (Å²) in [5.41, 5.74) is 6.49. The lowest BCUT2D eigenvalue weighted by atomic mass is 10.2. The number of nitrogens with zero attached hydrogens (tertiary/aromatic N) is 2. The fraction of sp³-hybridized carbons (Fsp3) is 0.625. The number of hydrogen-bond donors (Lipinski definition) is 1. The molecule has 0 unspecified atom stereocenters. The molecule has 1 aliphatic rings. The number of hydrogen-bond acceptors (Lipinski definition) is 3. The summed E-state index contributed by atoms with van der Waals surface area (Å²) in [4.78, 5) is 0. The number of aryl methyl sites for hydroxylation is 1. The standard InChI is InChI=1S/C8H13N3O/c9-3-1-2-7-6-8-11(10-7)4-5-12-8/h6H,1-5,9H2. The molecule has 0 fully saturated rings. The maximum atomic E-state index is 5.40. The second-order valence-corrected chi connectivity index (χ2v) is 2.94. The van der Waals surface area contributed by atoms with Gasteiger partial charge in [0.1, 0.15) is 6.61 Å². The summed E-state index contributed by atoms with van der Waals surface area (Å²) in [6.45, 7) is 2.38. The molecule has 0 atom stereocenters. The van der Waals surface area contributed by atoms with Crippen LogP contribution in [0.25, 0.3) is 0 Å². The minimum Gasteiger partial charge on any atom is -0.476 e. The third-order valence-electron chi connectivity index (χ3n) is 1.98. The Morgan fingerprint density at radius 1 is 1.67 bits per heavy atom. The van der Waals surface area contributed by atoms with Crippen molar-refractivity contribution in [3.05, 3.63) is 11.8 Å². The first-order valence-corrected chi connectivity index (χ1v) is 4.30. The first-order valence-electron chi connectivity index (χ1n) is 4.30. The molecule has 2 rings (SSSR count). The Labute approximate surface area is 71.3 Å². The van der Waals surface area contributed by atoms with E-state index in [0.29, 0.717) is 0 Å². The molecule has 4 nitrogen and oxygen atoms in total. The van der Waals surface area contributed by atoms with E-state index in [4.69, 9.17) is 10.5 Å². The fourth-order valence-corrected chi connectivity index (χ4v) is 1.37. The zero-order valence-electron chi connectivity index (χ0n) is 6.99. The quantitative estimate of drug-likeness (QED) is 0.698. The fourth-order valence-electron chi connectivity index (χ4n) is 1.37. The van der Waals surface area contributed by atoms with Crippen LogP contribution in [0.4, 0.5) is 0 Å². The van der Waals surface area contributed by atoms with Gasteiger partial charge in [0.05, 0.1) is 12.2 Å². The zero-order valence-corrected chi connectivity index (χ0v) is 6.99. The minimum atomic E-state index is 0.725. The number of aromatic nitrogens is 2. The van der Waals surface area contributed by atoms with Gasteiger partial charge in [-0.2, -0.15) is 5.10 Å². The van der Waals surface area contributed by atoms with Crippen molar-refractivity contribution in [2.75, 3.05) is 13.2 Å². The van der Waals surface area contributed by atoms with Crippen molar-refractivity contribution >= 4 is 0 Å². The third kappa shape index (κ3) is 1.30. The average Bonchev–Trinajstić information content (AvgIpc) is 2.58. The third-order valence-corrected chi connectivity index (χ3v) is 1.98. The van der Waals surface area contributed by atoms with Crippen LogP contribution in [0.1, 0.15) is 12.1 Å². The molecule has 1 aliphatic heterocycles. The van der Waals surface area contributed by atoms with Gasteiger partial charge in [-0.05, 0) is 19.4 Å². The Morgan fingerprint density at radius 3 is 3.33 bits per heavy atom. The van der Waals surface area contributed by atoms with Crippen molar-refractivity contribution in [2.24, 2.45) is 5.73 Å². The molecule has 1 aromatic rings. The van der Waals surface area contributed by atoms with E-state index in [2.05, 4.69) is 5.10 Å². The summed E-state index contributed by atoms with van der Waals surface area (Å²) in [5, 5.41) is 4.36. The van der Waals surface area contributed by atoms with Gasteiger partial charge in [0.2, 0.25) is 5.88 Å². The van der Waals surface area contributed by atoms with E-state index in [1.54, 1.807) is 0 Å². The van der Waals surface area contributed by atoms with E-state index < -0.39 is 0 Å². The predicted octanol–water partition coefficient (Wildman–Crippen LogP) is 0.167. The smallest absolute Gasteiger partial charge is 0.212 e. The lowest BCUT2D eigenvalue weighted by molar-refractivity contribution is 0.356. The molecule has 0 spiro atoms. The first kappa shape index (κ1) is 7.61. The van der Waals surface area contributed by atoms with Crippen LogP contribution in [0.3, 0.4) is 0 Å². The predicted molar refractivity (Wildman–Crippen MR) is 45.1 cm³/mol. The van der Waals surface area contributed by atoms with Crippen molar-refractivity contribution in [3.63, 3.8) is 0 Å². The van der Waals surface area contributed by atoms with E-state index in [1.165, 1.54) is 0 Å². The summed E-state index contributed by atoms with van der Waals surface area (Å²) in [5.74, 6) is 0.905. The SMILES string of the molecule is NCCCc1cc2n(n1)CCO2. The van der Waals surface area contributed by atoms with Crippen molar-refractivity contribution < 1.29 is 4.74 Å². The molecular weight excluding hydrogens is 154 g/mol. The Balaban J connectivity index is 2.05. The van der Waals surface area contributed by atoms with E-state index >= 15 is 0 Å². The Morgan fingerprint density at radius 2 is 2.58 bits per heavy atom. The zero-order chi connectivity index (χ0) is 8.39. The van der Waals surface area contributed by atoms with Crippen LogP contribution < -0.4 is 10.5 Å². The number of fused-ring (bicyclic) bond motifs is 1. The average molecular weight is 167 g/mol.